The zero-order valence-corrected chi connectivity index (χ0v) is 20.0. The molecule has 0 saturated carbocycles. The molecule has 7 nitrogen and oxygen atoms in total. The minimum absolute atomic E-state index is 0.313. The molecule has 0 radical (unpaired) electrons. The third-order valence-corrected chi connectivity index (χ3v) is 6.33. The summed E-state index contributed by atoms with van der Waals surface area (Å²) >= 11 is 1.36. The van der Waals surface area contributed by atoms with E-state index in [-0.39, 0.29) is 6.54 Å². The second-order valence-corrected chi connectivity index (χ2v) is 9.26. The van der Waals surface area contributed by atoms with Crippen LogP contribution in [-0.2, 0) is 24.3 Å². The van der Waals surface area contributed by atoms with Gasteiger partial charge in [-0.2, -0.15) is 0 Å². The number of carbonyl (C=O) groups excluding carboxylic acids is 1. The summed E-state index contributed by atoms with van der Waals surface area (Å²) in [7, 11) is 0. The highest BCUT2D eigenvalue weighted by Gasteiger charge is 2.15. The monoisotopic (exact) mass is 474 g/mol. The zero-order chi connectivity index (χ0) is 24.1. The zero-order valence-electron chi connectivity index (χ0n) is 19.2. The number of hydrogen-bond donors (Lipinski definition) is 1. The molecule has 34 heavy (non-hydrogen) atoms. The lowest BCUT2D eigenvalue weighted by molar-refractivity contribution is -0.116. The van der Waals surface area contributed by atoms with E-state index in [0.717, 1.165) is 39.1 Å². The maximum absolute atomic E-state index is 12.8. The summed E-state index contributed by atoms with van der Waals surface area (Å²) < 4.78 is 2.35. The third-order valence-electron chi connectivity index (χ3n) is 5.45. The minimum Gasteiger partial charge on any atom is -0.300 e. The first kappa shape index (κ1) is 23.4. The van der Waals surface area contributed by atoms with E-state index in [1.165, 1.54) is 33.7 Å². The quantitative estimate of drug-likeness (QED) is 0.417. The fourth-order valence-corrected chi connectivity index (χ4v) is 4.59. The molecule has 0 aliphatic rings. The maximum atomic E-state index is 12.8. The molecule has 4 rings (SSSR count). The van der Waals surface area contributed by atoms with Gasteiger partial charge in [-0.25, -0.2) is 9.78 Å². The molecular formula is C26H26N4O3S. The Morgan fingerprint density at radius 2 is 1.74 bits per heavy atom. The number of anilines is 1. The predicted molar refractivity (Wildman–Crippen MR) is 135 cm³/mol. The Balaban J connectivity index is 1.49. The van der Waals surface area contributed by atoms with Crippen LogP contribution in [0, 0.1) is 6.92 Å². The number of thiazole rings is 1. The van der Waals surface area contributed by atoms with E-state index in [1.54, 1.807) is 0 Å². The molecule has 2 aromatic heterocycles. The first-order valence-corrected chi connectivity index (χ1v) is 12.0. The summed E-state index contributed by atoms with van der Waals surface area (Å²) in [5, 5.41) is 3.17. The molecule has 2 aromatic carbocycles. The van der Waals surface area contributed by atoms with Crippen molar-refractivity contribution in [3.8, 4) is 11.3 Å². The molecule has 8 heteroatoms. The number of aromatic nitrogens is 3. The van der Waals surface area contributed by atoms with Crippen molar-refractivity contribution < 1.29 is 4.79 Å². The molecule has 0 saturated heterocycles. The summed E-state index contributed by atoms with van der Waals surface area (Å²) in [6.45, 7) is 4.03. The number of rotatable bonds is 8. The Labute approximate surface area is 201 Å². The number of amides is 1. The predicted octanol–water partition coefficient (Wildman–Crippen LogP) is 4.08. The minimum atomic E-state index is -0.533. The van der Waals surface area contributed by atoms with Crippen molar-refractivity contribution in [1.82, 2.24) is 14.1 Å². The van der Waals surface area contributed by atoms with Crippen LogP contribution in [0.4, 0.5) is 5.13 Å². The largest absolute Gasteiger partial charge is 0.331 e. The van der Waals surface area contributed by atoms with Gasteiger partial charge >= 0.3 is 5.69 Å². The van der Waals surface area contributed by atoms with Gasteiger partial charge in [0.25, 0.3) is 5.56 Å². The second-order valence-electron chi connectivity index (χ2n) is 8.06. The Hall–Kier alpha value is -3.78. The van der Waals surface area contributed by atoms with E-state index in [1.807, 2.05) is 49.4 Å². The van der Waals surface area contributed by atoms with Gasteiger partial charge in [0.05, 0.1) is 12.2 Å². The van der Waals surface area contributed by atoms with Gasteiger partial charge in [0.2, 0.25) is 5.91 Å². The van der Waals surface area contributed by atoms with E-state index in [0.29, 0.717) is 11.7 Å². The first-order valence-electron chi connectivity index (χ1n) is 11.2. The highest BCUT2D eigenvalue weighted by Crippen LogP contribution is 2.30. The number of carbonyl (C=O) groups is 1. The molecule has 0 fully saturated rings. The van der Waals surface area contributed by atoms with Gasteiger partial charge in [-0.1, -0.05) is 67.9 Å². The molecule has 0 atom stereocenters. The van der Waals surface area contributed by atoms with Crippen molar-refractivity contribution in [2.45, 2.75) is 39.8 Å². The van der Waals surface area contributed by atoms with Gasteiger partial charge in [-0.3, -0.25) is 18.7 Å². The van der Waals surface area contributed by atoms with Crippen LogP contribution < -0.4 is 16.6 Å². The number of aryl methyl sites for hydroxylation is 2. The van der Waals surface area contributed by atoms with Crippen molar-refractivity contribution in [2.75, 3.05) is 5.32 Å². The fourth-order valence-electron chi connectivity index (χ4n) is 3.74. The topological polar surface area (TPSA) is 86.0 Å². The lowest BCUT2D eigenvalue weighted by Crippen LogP contribution is -2.41. The van der Waals surface area contributed by atoms with Crippen molar-refractivity contribution in [3.05, 3.63) is 104 Å². The van der Waals surface area contributed by atoms with Crippen molar-refractivity contribution in [2.24, 2.45) is 0 Å². The summed E-state index contributed by atoms with van der Waals surface area (Å²) in [6, 6.07) is 19.0. The van der Waals surface area contributed by atoms with Gasteiger partial charge < -0.3 is 5.32 Å². The molecule has 0 unspecified atom stereocenters. The normalized spacial score (nSPS) is 10.9. The van der Waals surface area contributed by atoms with Gasteiger partial charge in [0.15, 0.2) is 5.13 Å². The Bertz CT molecular complexity index is 1400. The van der Waals surface area contributed by atoms with Crippen LogP contribution in [-0.4, -0.2) is 20.0 Å². The van der Waals surface area contributed by atoms with Crippen molar-refractivity contribution in [1.29, 1.82) is 0 Å². The van der Waals surface area contributed by atoms with Crippen LogP contribution in [0.5, 0.6) is 0 Å². The standard InChI is InChI=1S/C26H26N4O3S/c1-3-7-19-10-12-21(13-11-19)24-18(2)34-25(28-24)27-22(31)17-30-23(32)14-15-29(26(30)33)16-20-8-5-4-6-9-20/h4-6,8-15H,3,7,16-17H2,1-2H3,(H,27,28,31). The first-order chi connectivity index (χ1) is 16.4. The van der Waals surface area contributed by atoms with E-state index in [2.05, 4.69) is 29.4 Å². The molecule has 2 heterocycles. The Kier molecular flexibility index (Phi) is 7.18. The molecule has 1 amide bonds. The maximum Gasteiger partial charge on any atom is 0.331 e. The van der Waals surface area contributed by atoms with Crippen molar-refractivity contribution >= 4 is 22.4 Å². The van der Waals surface area contributed by atoms with Crippen LogP contribution in [0.2, 0.25) is 0 Å². The van der Waals surface area contributed by atoms with E-state index in [4.69, 9.17) is 0 Å². The lowest BCUT2D eigenvalue weighted by Gasteiger charge is -2.09. The number of hydrogen-bond acceptors (Lipinski definition) is 5. The molecule has 0 aliphatic carbocycles. The Morgan fingerprint density at radius 3 is 2.44 bits per heavy atom. The van der Waals surface area contributed by atoms with Gasteiger partial charge in [0.1, 0.15) is 6.54 Å². The van der Waals surface area contributed by atoms with Gasteiger partial charge in [-0.05, 0) is 24.5 Å². The Morgan fingerprint density at radius 1 is 1.00 bits per heavy atom. The van der Waals surface area contributed by atoms with E-state index in [9.17, 15) is 14.4 Å². The summed E-state index contributed by atoms with van der Waals surface area (Å²) in [5.41, 5.74) is 2.94. The average molecular weight is 475 g/mol. The molecule has 0 aliphatic heterocycles. The van der Waals surface area contributed by atoms with Crippen LogP contribution in [0.1, 0.15) is 29.3 Å². The summed E-state index contributed by atoms with van der Waals surface area (Å²) in [6.07, 6.45) is 3.57. The second kappa shape index (κ2) is 10.4. The SMILES string of the molecule is CCCc1ccc(-c2nc(NC(=O)Cn3c(=O)ccn(Cc4ccccc4)c3=O)sc2C)cc1. The smallest absolute Gasteiger partial charge is 0.300 e. The highest BCUT2D eigenvalue weighted by molar-refractivity contribution is 7.16. The van der Waals surface area contributed by atoms with E-state index < -0.39 is 17.2 Å². The molecule has 0 bridgehead atoms. The van der Waals surface area contributed by atoms with Gasteiger partial charge in [-0.15, -0.1) is 11.3 Å². The molecule has 1 N–H and O–H groups in total. The molecular weight excluding hydrogens is 448 g/mol. The fraction of sp³-hybridized carbons (Fsp3) is 0.231. The molecule has 0 spiro atoms. The van der Waals surface area contributed by atoms with Crippen LogP contribution >= 0.6 is 11.3 Å². The van der Waals surface area contributed by atoms with E-state index >= 15 is 0 Å². The number of nitrogens with one attached hydrogen (secondary N) is 1. The third kappa shape index (κ3) is 5.40. The van der Waals surface area contributed by atoms with Crippen molar-refractivity contribution in [3.63, 3.8) is 0 Å². The lowest BCUT2D eigenvalue weighted by atomic mass is 10.1. The van der Waals surface area contributed by atoms with Crippen LogP contribution in [0.3, 0.4) is 0 Å². The molecule has 4 aromatic rings. The average Bonchev–Trinajstić information content (AvgIpc) is 3.19. The number of nitrogens with zero attached hydrogens (tertiary/aromatic N) is 3. The highest BCUT2D eigenvalue weighted by atomic mass is 32.1. The summed E-state index contributed by atoms with van der Waals surface area (Å²) in [5.74, 6) is -0.477. The summed E-state index contributed by atoms with van der Waals surface area (Å²) in [4.78, 5) is 43.4. The van der Waals surface area contributed by atoms with Gasteiger partial charge in [0, 0.05) is 22.7 Å². The van der Waals surface area contributed by atoms with Crippen LogP contribution in [0.15, 0.2) is 76.4 Å². The molecule has 174 valence electrons. The number of benzene rings is 2. The van der Waals surface area contributed by atoms with Crippen LogP contribution in [0.25, 0.3) is 11.3 Å².